The first-order valence-electron chi connectivity index (χ1n) is 18.9. The Morgan fingerprint density at radius 1 is 0.333 bits per heavy atom. The molecule has 0 aliphatic carbocycles. The van der Waals surface area contributed by atoms with Gasteiger partial charge in [0.1, 0.15) is 11.2 Å². The summed E-state index contributed by atoms with van der Waals surface area (Å²) in [6, 6.07) is 61.9. The van der Waals surface area contributed by atoms with E-state index >= 15 is 0 Å². The maximum atomic E-state index is 6.68. The molecular formula is C51H29N3OS2. The second kappa shape index (κ2) is 12.8. The topological polar surface area (TPSA) is 51.8 Å². The van der Waals surface area contributed by atoms with E-state index in [1.807, 2.05) is 65.1 Å². The molecule has 57 heavy (non-hydrogen) atoms. The first-order valence-corrected chi connectivity index (χ1v) is 20.6. The average Bonchev–Trinajstić information content (AvgIpc) is 3.98. The molecule has 0 amide bonds. The van der Waals surface area contributed by atoms with Gasteiger partial charge in [0.15, 0.2) is 17.5 Å². The summed E-state index contributed by atoms with van der Waals surface area (Å²) < 4.78 is 11.6. The van der Waals surface area contributed by atoms with E-state index in [0.29, 0.717) is 17.5 Å². The Bertz CT molecular complexity index is 3470. The molecule has 0 atom stereocenters. The third kappa shape index (κ3) is 5.15. The normalized spacial score (nSPS) is 11.9. The lowest BCUT2D eigenvalue weighted by atomic mass is 9.93. The minimum absolute atomic E-state index is 0.649. The summed E-state index contributed by atoms with van der Waals surface area (Å²) in [5, 5.41) is 7.12. The number of hydrogen-bond donors (Lipinski definition) is 0. The molecule has 8 aromatic carbocycles. The summed E-state index contributed by atoms with van der Waals surface area (Å²) in [5.41, 5.74) is 9.32. The Labute approximate surface area is 335 Å². The van der Waals surface area contributed by atoms with Crippen LogP contribution in [0.3, 0.4) is 0 Å². The number of para-hydroxylation sites is 1. The molecule has 266 valence electrons. The van der Waals surface area contributed by atoms with Crippen LogP contribution in [-0.2, 0) is 0 Å². The molecule has 0 fully saturated rings. The van der Waals surface area contributed by atoms with Gasteiger partial charge >= 0.3 is 0 Å². The van der Waals surface area contributed by atoms with Gasteiger partial charge in [0, 0.05) is 73.4 Å². The zero-order valence-corrected chi connectivity index (χ0v) is 31.9. The summed E-state index contributed by atoms with van der Waals surface area (Å²) >= 11 is 3.67. The minimum Gasteiger partial charge on any atom is -0.456 e. The number of fused-ring (bicyclic) bond motifs is 9. The van der Waals surface area contributed by atoms with E-state index in [9.17, 15) is 0 Å². The summed E-state index contributed by atoms with van der Waals surface area (Å²) in [5.74, 6) is 1.95. The van der Waals surface area contributed by atoms with Crippen molar-refractivity contribution in [2.75, 3.05) is 0 Å². The molecule has 4 heterocycles. The first-order chi connectivity index (χ1) is 28.2. The lowest BCUT2D eigenvalue weighted by Crippen LogP contribution is -2.00. The van der Waals surface area contributed by atoms with Crippen LogP contribution >= 0.6 is 22.7 Å². The summed E-state index contributed by atoms with van der Waals surface area (Å²) in [6.45, 7) is 0. The van der Waals surface area contributed by atoms with Crippen LogP contribution in [0.1, 0.15) is 0 Å². The number of benzene rings is 8. The molecule has 0 radical (unpaired) electrons. The van der Waals surface area contributed by atoms with Crippen molar-refractivity contribution >= 4 is 85.0 Å². The van der Waals surface area contributed by atoms with Crippen molar-refractivity contribution in [2.24, 2.45) is 0 Å². The van der Waals surface area contributed by atoms with E-state index in [4.69, 9.17) is 19.4 Å². The van der Waals surface area contributed by atoms with Gasteiger partial charge in [-0.3, -0.25) is 0 Å². The molecule has 12 rings (SSSR count). The lowest BCUT2D eigenvalue weighted by Gasteiger charge is -2.11. The standard InChI is InChI=1S/C51H29N3OS2/c1-3-14-30(15-4-1)49-52-50(31-16-5-2-6-17-31)54-51(53-49)39-24-13-27-44-46(39)38-23-12-22-36(48(38)57-44)40-28-32(29-42-45(40)37-19-7-9-25-41(37)55-42)33-20-11-21-35-34-18-8-10-26-43(34)56-47(33)35/h1-29H. The fraction of sp³-hybridized carbons (Fsp3) is 0. The zero-order chi connectivity index (χ0) is 37.5. The van der Waals surface area contributed by atoms with E-state index in [2.05, 4.69) is 133 Å². The van der Waals surface area contributed by atoms with Gasteiger partial charge in [-0.25, -0.2) is 15.0 Å². The number of aromatic nitrogens is 3. The van der Waals surface area contributed by atoms with Crippen molar-refractivity contribution in [2.45, 2.75) is 0 Å². The molecule has 0 unspecified atom stereocenters. The van der Waals surface area contributed by atoms with Gasteiger partial charge < -0.3 is 4.42 Å². The van der Waals surface area contributed by atoms with Gasteiger partial charge in [0.25, 0.3) is 0 Å². The molecule has 0 bridgehead atoms. The third-order valence-electron chi connectivity index (χ3n) is 10.9. The van der Waals surface area contributed by atoms with Crippen LogP contribution in [-0.4, -0.2) is 15.0 Å². The maximum Gasteiger partial charge on any atom is 0.164 e. The molecule has 4 aromatic heterocycles. The molecular weight excluding hydrogens is 735 g/mol. The van der Waals surface area contributed by atoms with Crippen LogP contribution in [0.25, 0.3) is 119 Å². The molecule has 4 nitrogen and oxygen atoms in total. The lowest BCUT2D eigenvalue weighted by molar-refractivity contribution is 0.669. The molecule has 0 spiro atoms. The molecule has 6 heteroatoms. The van der Waals surface area contributed by atoms with Crippen LogP contribution in [0.4, 0.5) is 0 Å². The van der Waals surface area contributed by atoms with Crippen molar-refractivity contribution in [3.05, 3.63) is 176 Å². The Morgan fingerprint density at radius 2 is 0.895 bits per heavy atom. The van der Waals surface area contributed by atoms with Gasteiger partial charge in [-0.15, -0.1) is 22.7 Å². The van der Waals surface area contributed by atoms with Crippen LogP contribution in [0, 0.1) is 0 Å². The first kappa shape index (κ1) is 32.3. The summed E-state index contributed by atoms with van der Waals surface area (Å²) in [6.07, 6.45) is 0. The molecule has 0 aliphatic rings. The van der Waals surface area contributed by atoms with Crippen molar-refractivity contribution in [1.82, 2.24) is 15.0 Å². The fourth-order valence-corrected chi connectivity index (χ4v) is 10.9. The largest absolute Gasteiger partial charge is 0.456 e. The van der Waals surface area contributed by atoms with Crippen LogP contribution in [0.5, 0.6) is 0 Å². The maximum absolute atomic E-state index is 6.68. The monoisotopic (exact) mass is 763 g/mol. The third-order valence-corrected chi connectivity index (χ3v) is 13.4. The number of nitrogens with zero attached hydrogens (tertiary/aromatic N) is 3. The molecule has 0 saturated heterocycles. The molecule has 0 N–H and O–H groups in total. The number of thiophene rings is 2. The zero-order valence-electron chi connectivity index (χ0n) is 30.3. The number of rotatable bonds is 5. The summed E-state index contributed by atoms with van der Waals surface area (Å²) in [7, 11) is 0. The fourth-order valence-electron chi connectivity index (χ4n) is 8.37. The van der Waals surface area contributed by atoms with Crippen molar-refractivity contribution < 1.29 is 4.42 Å². The van der Waals surface area contributed by atoms with Crippen LogP contribution < -0.4 is 0 Å². The second-order valence-electron chi connectivity index (χ2n) is 14.3. The highest BCUT2D eigenvalue weighted by atomic mass is 32.1. The average molecular weight is 764 g/mol. The van der Waals surface area contributed by atoms with Gasteiger partial charge in [0.2, 0.25) is 0 Å². The minimum atomic E-state index is 0.649. The Kier molecular flexibility index (Phi) is 7.24. The molecule has 12 aromatic rings. The van der Waals surface area contributed by atoms with Gasteiger partial charge in [-0.1, -0.05) is 146 Å². The van der Waals surface area contributed by atoms with Crippen LogP contribution in [0.2, 0.25) is 0 Å². The second-order valence-corrected chi connectivity index (χ2v) is 16.4. The Balaban J connectivity index is 1.11. The Morgan fingerprint density at radius 3 is 1.68 bits per heavy atom. The predicted octanol–water partition coefficient (Wildman–Crippen LogP) is 14.8. The van der Waals surface area contributed by atoms with E-state index < -0.39 is 0 Å². The van der Waals surface area contributed by atoms with Crippen molar-refractivity contribution in [1.29, 1.82) is 0 Å². The summed E-state index contributed by atoms with van der Waals surface area (Å²) in [4.78, 5) is 15.3. The molecule has 0 saturated carbocycles. The SMILES string of the molecule is c1ccc(-c2nc(-c3ccccc3)nc(-c3cccc4sc5c(-c6cc(-c7cccc8c7sc7ccccc78)cc7oc8ccccc8c67)cccc5c34)n2)cc1. The van der Waals surface area contributed by atoms with E-state index in [1.54, 1.807) is 0 Å². The Hall–Kier alpha value is -6.99. The van der Waals surface area contributed by atoms with Gasteiger partial charge in [-0.2, -0.15) is 0 Å². The highest BCUT2D eigenvalue weighted by Crippen LogP contribution is 2.48. The quantitative estimate of drug-likeness (QED) is 0.175. The predicted molar refractivity (Wildman–Crippen MR) is 240 cm³/mol. The molecule has 0 aliphatic heterocycles. The number of hydrogen-bond acceptors (Lipinski definition) is 6. The highest BCUT2D eigenvalue weighted by molar-refractivity contribution is 7.26. The van der Waals surface area contributed by atoms with E-state index in [-0.39, 0.29) is 0 Å². The van der Waals surface area contributed by atoms with Crippen molar-refractivity contribution in [3.63, 3.8) is 0 Å². The van der Waals surface area contributed by atoms with Crippen molar-refractivity contribution in [3.8, 4) is 56.4 Å². The highest BCUT2D eigenvalue weighted by Gasteiger charge is 2.22. The van der Waals surface area contributed by atoms with Crippen LogP contribution in [0.15, 0.2) is 180 Å². The number of furan rings is 1. The van der Waals surface area contributed by atoms with Gasteiger partial charge in [0.05, 0.1) is 0 Å². The van der Waals surface area contributed by atoms with Gasteiger partial charge in [-0.05, 0) is 47.0 Å². The van der Waals surface area contributed by atoms with E-state index in [0.717, 1.165) is 55.1 Å². The smallest absolute Gasteiger partial charge is 0.164 e. The van der Waals surface area contributed by atoms with E-state index in [1.165, 1.54) is 46.1 Å².